The standard InChI is InChI=1S/C15H21N3OS/c1-19-14-4-2-3-13(11-14)17-7-9-18(10-8-17)15(20)16-12-5-6-12/h2-4,11-12H,5-10H2,1H3,(H,16,20). The molecule has 5 heteroatoms. The Labute approximate surface area is 125 Å². The molecule has 1 heterocycles. The summed E-state index contributed by atoms with van der Waals surface area (Å²) in [5, 5.41) is 4.34. The van der Waals surface area contributed by atoms with Gasteiger partial charge in [0.15, 0.2) is 5.11 Å². The molecule has 1 saturated heterocycles. The van der Waals surface area contributed by atoms with Crippen LogP contribution >= 0.6 is 12.2 Å². The van der Waals surface area contributed by atoms with Crippen LogP contribution in [0.2, 0.25) is 0 Å². The minimum atomic E-state index is 0.638. The fraction of sp³-hybridized carbons (Fsp3) is 0.533. The Balaban J connectivity index is 1.55. The molecule has 4 nitrogen and oxygen atoms in total. The zero-order valence-corrected chi connectivity index (χ0v) is 12.7. The number of benzene rings is 1. The van der Waals surface area contributed by atoms with Crippen LogP contribution in [0.15, 0.2) is 24.3 Å². The molecule has 1 aromatic carbocycles. The molecule has 3 rings (SSSR count). The van der Waals surface area contributed by atoms with Gasteiger partial charge in [-0.2, -0.15) is 0 Å². The van der Waals surface area contributed by atoms with Crippen LogP contribution in [0.25, 0.3) is 0 Å². The van der Waals surface area contributed by atoms with Crippen molar-refractivity contribution < 1.29 is 4.74 Å². The van der Waals surface area contributed by atoms with Crippen molar-refractivity contribution in [2.24, 2.45) is 0 Å². The van der Waals surface area contributed by atoms with Crippen molar-refractivity contribution in [2.45, 2.75) is 18.9 Å². The van der Waals surface area contributed by atoms with Crippen LogP contribution in [0.5, 0.6) is 5.75 Å². The predicted octanol–water partition coefficient (Wildman–Crippen LogP) is 1.85. The van der Waals surface area contributed by atoms with Crippen LogP contribution in [0.3, 0.4) is 0 Å². The number of anilines is 1. The van der Waals surface area contributed by atoms with Gasteiger partial charge in [0.05, 0.1) is 7.11 Å². The topological polar surface area (TPSA) is 27.7 Å². The summed E-state index contributed by atoms with van der Waals surface area (Å²) in [6, 6.07) is 8.89. The molecule has 20 heavy (non-hydrogen) atoms. The lowest BCUT2D eigenvalue weighted by molar-refractivity contribution is 0.379. The molecule has 2 fully saturated rings. The third kappa shape index (κ3) is 3.15. The summed E-state index contributed by atoms with van der Waals surface area (Å²) in [4.78, 5) is 4.67. The number of hydrogen-bond acceptors (Lipinski definition) is 3. The quantitative estimate of drug-likeness (QED) is 0.858. The van der Waals surface area contributed by atoms with Crippen LogP contribution in [0.4, 0.5) is 5.69 Å². The van der Waals surface area contributed by atoms with Crippen molar-refractivity contribution in [1.29, 1.82) is 0 Å². The Bertz CT molecular complexity index is 482. The van der Waals surface area contributed by atoms with Gasteiger partial charge in [-0.05, 0) is 37.2 Å². The van der Waals surface area contributed by atoms with E-state index in [0.29, 0.717) is 6.04 Å². The number of piperazine rings is 1. The number of methoxy groups -OCH3 is 1. The van der Waals surface area contributed by atoms with Gasteiger partial charge in [0.25, 0.3) is 0 Å². The molecule has 1 saturated carbocycles. The summed E-state index contributed by atoms with van der Waals surface area (Å²) < 4.78 is 5.29. The third-order valence-electron chi connectivity index (χ3n) is 3.89. The molecule has 0 spiro atoms. The molecule has 108 valence electrons. The first-order valence-corrected chi connectivity index (χ1v) is 7.61. The second-order valence-corrected chi connectivity index (χ2v) is 5.79. The molecule has 2 aliphatic rings. The third-order valence-corrected chi connectivity index (χ3v) is 4.27. The number of nitrogens with zero attached hydrogens (tertiary/aromatic N) is 2. The van der Waals surface area contributed by atoms with E-state index in [2.05, 4.69) is 27.2 Å². The van der Waals surface area contributed by atoms with E-state index in [1.54, 1.807) is 7.11 Å². The summed E-state index contributed by atoms with van der Waals surface area (Å²) in [7, 11) is 1.71. The number of ether oxygens (including phenoxy) is 1. The number of rotatable bonds is 3. The van der Waals surface area contributed by atoms with E-state index < -0.39 is 0 Å². The lowest BCUT2D eigenvalue weighted by Crippen LogP contribution is -2.52. The van der Waals surface area contributed by atoms with Crippen LogP contribution in [0, 0.1) is 0 Å². The van der Waals surface area contributed by atoms with Crippen molar-refractivity contribution in [2.75, 3.05) is 38.2 Å². The van der Waals surface area contributed by atoms with E-state index in [4.69, 9.17) is 17.0 Å². The van der Waals surface area contributed by atoms with Crippen molar-refractivity contribution in [1.82, 2.24) is 10.2 Å². The van der Waals surface area contributed by atoms with Crippen molar-refractivity contribution >= 4 is 23.0 Å². The molecule has 1 aliphatic carbocycles. The molecule has 0 radical (unpaired) electrons. The average molecular weight is 291 g/mol. The molecule has 1 aromatic rings. The lowest BCUT2D eigenvalue weighted by atomic mass is 10.2. The summed E-state index contributed by atoms with van der Waals surface area (Å²) in [5.41, 5.74) is 1.23. The summed E-state index contributed by atoms with van der Waals surface area (Å²) >= 11 is 5.46. The maximum atomic E-state index is 5.46. The Hall–Kier alpha value is -1.49. The zero-order chi connectivity index (χ0) is 13.9. The fourth-order valence-electron chi connectivity index (χ4n) is 2.47. The van der Waals surface area contributed by atoms with E-state index in [0.717, 1.165) is 37.0 Å². The minimum Gasteiger partial charge on any atom is -0.497 e. The normalized spacial score (nSPS) is 18.9. The molecule has 0 amide bonds. The molecular formula is C15H21N3OS. The number of thiocarbonyl (C=S) groups is 1. The highest BCUT2D eigenvalue weighted by Crippen LogP contribution is 2.23. The van der Waals surface area contributed by atoms with Crippen molar-refractivity contribution in [3.63, 3.8) is 0 Å². The van der Waals surface area contributed by atoms with Crippen LogP contribution < -0.4 is 15.0 Å². The minimum absolute atomic E-state index is 0.638. The van der Waals surface area contributed by atoms with Gasteiger partial charge in [-0.25, -0.2) is 0 Å². The highest BCUT2D eigenvalue weighted by atomic mass is 32.1. The highest BCUT2D eigenvalue weighted by Gasteiger charge is 2.25. The van der Waals surface area contributed by atoms with E-state index in [1.165, 1.54) is 18.5 Å². The van der Waals surface area contributed by atoms with E-state index in [9.17, 15) is 0 Å². The average Bonchev–Trinajstić information content (AvgIpc) is 3.31. The van der Waals surface area contributed by atoms with Gasteiger partial charge in [-0.3, -0.25) is 0 Å². The fourth-order valence-corrected chi connectivity index (χ4v) is 2.82. The SMILES string of the molecule is COc1cccc(N2CCN(C(=S)NC3CC3)CC2)c1. The first-order valence-electron chi connectivity index (χ1n) is 7.21. The van der Waals surface area contributed by atoms with Gasteiger partial charge in [-0.15, -0.1) is 0 Å². The maximum absolute atomic E-state index is 5.46. The molecule has 0 aromatic heterocycles. The number of hydrogen-bond donors (Lipinski definition) is 1. The van der Waals surface area contributed by atoms with Gasteiger partial charge in [-0.1, -0.05) is 6.07 Å². The largest absolute Gasteiger partial charge is 0.497 e. The van der Waals surface area contributed by atoms with Gasteiger partial charge >= 0.3 is 0 Å². The summed E-state index contributed by atoms with van der Waals surface area (Å²) in [6.07, 6.45) is 2.54. The Morgan fingerprint density at radius 2 is 2.00 bits per heavy atom. The molecule has 0 atom stereocenters. The maximum Gasteiger partial charge on any atom is 0.169 e. The van der Waals surface area contributed by atoms with Crippen molar-refractivity contribution in [3.05, 3.63) is 24.3 Å². The first-order chi connectivity index (χ1) is 9.76. The monoisotopic (exact) mass is 291 g/mol. The molecule has 0 unspecified atom stereocenters. The van der Waals surface area contributed by atoms with E-state index in [-0.39, 0.29) is 0 Å². The van der Waals surface area contributed by atoms with Crippen LogP contribution in [-0.4, -0.2) is 49.3 Å². The lowest BCUT2D eigenvalue weighted by Gasteiger charge is -2.37. The van der Waals surface area contributed by atoms with Gasteiger partial charge < -0.3 is 19.9 Å². The molecule has 0 bridgehead atoms. The number of nitrogens with one attached hydrogen (secondary N) is 1. The Morgan fingerprint density at radius 1 is 1.25 bits per heavy atom. The van der Waals surface area contributed by atoms with Gasteiger partial charge in [0.2, 0.25) is 0 Å². The smallest absolute Gasteiger partial charge is 0.169 e. The summed E-state index contributed by atoms with van der Waals surface area (Å²) in [5.74, 6) is 0.913. The van der Waals surface area contributed by atoms with Gasteiger partial charge in [0.1, 0.15) is 5.75 Å². The van der Waals surface area contributed by atoms with Crippen LogP contribution in [0.1, 0.15) is 12.8 Å². The molecule has 1 N–H and O–H groups in total. The first kappa shape index (κ1) is 13.5. The predicted molar refractivity (Wildman–Crippen MR) is 85.5 cm³/mol. The van der Waals surface area contributed by atoms with Crippen molar-refractivity contribution in [3.8, 4) is 5.75 Å². The second-order valence-electron chi connectivity index (χ2n) is 5.40. The second kappa shape index (κ2) is 5.87. The Kier molecular flexibility index (Phi) is 3.96. The Morgan fingerprint density at radius 3 is 2.65 bits per heavy atom. The molecular weight excluding hydrogens is 270 g/mol. The zero-order valence-electron chi connectivity index (χ0n) is 11.8. The summed E-state index contributed by atoms with van der Waals surface area (Å²) in [6.45, 7) is 3.96. The van der Waals surface area contributed by atoms with E-state index >= 15 is 0 Å². The van der Waals surface area contributed by atoms with Gasteiger partial charge in [0, 0.05) is 44.0 Å². The highest BCUT2D eigenvalue weighted by molar-refractivity contribution is 7.80. The van der Waals surface area contributed by atoms with E-state index in [1.807, 2.05) is 12.1 Å². The molecule has 1 aliphatic heterocycles. The van der Waals surface area contributed by atoms with Crippen LogP contribution in [-0.2, 0) is 0 Å².